The lowest BCUT2D eigenvalue weighted by molar-refractivity contribution is -0.527. The van der Waals surface area contributed by atoms with E-state index in [2.05, 4.69) is 9.68 Å². The van der Waals surface area contributed by atoms with Crippen molar-refractivity contribution in [2.75, 3.05) is 26.4 Å². The molecule has 0 aliphatic heterocycles. The number of amides is 1. The Hall–Kier alpha value is -2.95. The maximum Gasteiger partial charge on any atom is 0.408 e. The molecule has 0 aromatic heterocycles. The summed E-state index contributed by atoms with van der Waals surface area (Å²) in [4.78, 5) is 58.4. The predicted octanol–water partition coefficient (Wildman–Crippen LogP) is -0.320. The van der Waals surface area contributed by atoms with Gasteiger partial charge in [-0.25, -0.2) is 18.9 Å². The first-order chi connectivity index (χ1) is 21.9. The van der Waals surface area contributed by atoms with E-state index in [1.807, 2.05) is 5.32 Å². The fraction of sp³-hybridized carbons (Fsp3) is 0.714. The fourth-order valence-corrected chi connectivity index (χ4v) is 7.97. The molecule has 0 radical (unpaired) electrons. The lowest BCUT2D eigenvalue weighted by atomic mass is 9.44. The van der Waals surface area contributed by atoms with Gasteiger partial charge >= 0.3 is 12.1 Å². The molecule has 4 aliphatic carbocycles. The van der Waals surface area contributed by atoms with Gasteiger partial charge < -0.3 is 30.1 Å². The highest BCUT2D eigenvalue weighted by atomic mass is 19.1. The first-order valence-corrected chi connectivity index (χ1v) is 14.9. The van der Waals surface area contributed by atoms with Crippen LogP contribution in [0.5, 0.6) is 0 Å². The lowest BCUT2D eigenvalue weighted by Gasteiger charge is -2.62. The molecule has 1 unspecified atom stereocenters. The highest BCUT2D eigenvalue weighted by Crippen LogP contribution is 2.69. The molecule has 3 saturated carbocycles. The van der Waals surface area contributed by atoms with E-state index in [-0.39, 0.29) is 25.0 Å². The molecular weight excluding hydrogens is 637 g/mol. The van der Waals surface area contributed by atoms with Gasteiger partial charge in [0.05, 0.1) is 29.6 Å². The highest BCUT2D eigenvalue weighted by molar-refractivity contribution is 6.01. The summed E-state index contributed by atoms with van der Waals surface area (Å²) in [5.41, 5.74) is -7.05. The van der Waals surface area contributed by atoms with Crippen molar-refractivity contribution in [2.24, 2.45) is 22.7 Å². The Balaban J connectivity index is 1.33. The van der Waals surface area contributed by atoms with Gasteiger partial charge in [-0.05, 0) is 50.7 Å². The number of nitrogens with zero attached hydrogens (tertiary/aromatic N) is 2. The molecule has 47 heavy (non-hydrogen) atoms. The second-order valence-corrected chi connectivity index (χ2v) is 12.7. The predicted molar refractivity (Wildman–Crippen MR) is 146 cm³/mol. The molecule has 0 aromatic rings. The molecule has 0 heterocycles. The Kier molecular flexibility index (Phi) is 10.9. The molecule has 0 spiro atoms. The van der Waals surface area contributed by atoms with Crippen LogP contribution in [0, 0.1) is 22.7 Å². The average Bonchev–Trinajstić information content (AvgIpc) is 3.19. The second kappa shape index (κ2) is 13.9. The van der Waals surface area contributed by atoms with E-state index < -0.39 is 114 Å². The number of nitrogens with one attached hydrogen (secondary N) is 1. The normalized spacial score (nSPS) is 36.7. The van der Waals surface area contributed by atoms with Crippen molar-refractivity contribution in [3.63, 3.8) is 0 Å². The second-order valence-electron chi connectivity index (χ2n) is 12.7. The van der Waals surface area contributed by atoms with Crippen molar-refractivity contribution in [1.29, 1.82) is 0 Å². The van der Waals surface area contributed by atoms with Crippen molar-refractivity contribution in [3.8, 4) is 0 Å². The van der Waals surface area contributed by atoms with Crippen molar-refractivity contribution in [3.05, 3.63) is 23.8 Å². The number of esters is 1. The summed E-state index contributed by atoms with van der Waals surface area (Å²) >= 11 is 0. The molecule has 1 amide bonds. The number of carbonyl (C=O) groups excluding carboxylic acids is 4. The Bertz CT molecular complexity index is 1300. The van der Waals surface area contributed by atoms with Gasteiger partial charge in [-0.3, -0.25) is 35.2 Å². The zero-order chi connectivity index (χ0) is 34.9. The van der Waals surface area contributed by atoms with Crippen LogP contribution in [0.15, 0.2) is 23.8 Å². The van der Waals surface area contributed by atoms with E-state index in [9.17, 15) is 34.5 Å². The first-order valence-electron chi connectivity index (χ1n) is 14.9. The van der Waals surface area contributed by atoms with Crippen LogP contribution in [0.4, 0.5) is 9.18 Å². The number of allylic oxidation sites excluding steroid dienone is 4. The standard InChI is InChI=1S/C28H40FN3O15/c1-25-7-5-16(33)9-15(25)3-4-18-19-10-20(34)28(39,26(19,2)11-21(35)27(18,25)29)22(36)14-45-24(38)30-12-23(37)44-8-6-17(47-32(42)43)13-46-31(40)41/h5,7,9,17-21,34-35,39-43H,3-4,6,8,10-14H2,1-2H3,(H,30,38)/t17?,18-,19-,20+,21-,25-,26-,27-,28-/m0/s1. The average molecular weight is 678 g/mol. The van der Waals surface area contributed by atoms with Gasteiger partial charge in [-0.15, -0.1) is 0 Å². The maximum atomic E-state index is 17.2. The number of carbonyl (C=O) groups is 4. The minimum Gasteiger partial charge on any atom is -0.464 e. The highest BCUT2D eigenvalue weighted by Gasteiger charge is 2.76. The van der Waals surface area contributed by atoms with E-state index in [4.69, 9.17) is 30.3 Å². The number of hydrogen-bond acceptors (Lipinski definition) is 17. The molecule has 9 atom stereocenters. The lowest BCUT2D eigenvalue weighted by Crippen LogP contribution is -2.69. The number of aliphatic hydroxyl groups is 3. The molecule has 0 bridgehead atoms. The van der Waals surface area contributed by atoms with E-state index in [1.165, 1.54) is 25.2 Å². The third-order valence-corrected chi connectivity index (χ3v) is 10.3. The molecule has 8 N–H and O–H groups in total. The summed E-state index contributed by atoms with van der Waals surface area (Å²) in [6.45, 7) is 0.315. The molecule has 3 fully saturated rings. The third-order valence-electron chi connectivity index (χ3n) is 10.3. The Morgan fingerprint density at radius 3 is 2.45 bits per heavy atom. The van der Waals surface area contributed by atoms with Crippen LogP contribution in [0.3, 0.4) is 0 Å². The van der Waals surface area contributed by atoms with Gasteiger partial charge in [-0.1, -0.05) is 18.6 Å². The number of fused-ring (bicyclic) bond motifs is 5. The topological polar surface area (TPSA) is 265 Å². The number of ketones is 2. The number of ether oxygens (including phenoxy) is 2. The van der Waals surface area contributed by atoms with Crippen molar-refractivity contribution < 1.29 is 78.9 Å². The SMILES string of the molecule is C[C@]12C=CC(=O)C=C1CC[C@H]1[C@@H]3C[C@@H](O)[C@](O)(C(=O)COC(=O)NCC(=O)OCCC(CON(O)O)ON(O)O)[C@@]3(C)C[C@H](O)[C@@]12F. The van der Waals surface area contributed by atoms with Gasteiger partial charge in [0.1, 0.15) is 19.3 Å². The summed E-state index contributed by atoms with van der Waals surface area (Å²) in [5, 5.41) is 69.4. The Morgan fingerprint density at radius 2 is 1.79 bits per heavy atom. The summed E-state index contributed by atoms with van der Waals surface area (Å²) in [6.07, 6.45) is -2.00. The van der Waals surface area contributed by atoms with E-state index in [0.29, 0.717) is 12.0 Å². The van der Waals surface area contributed by atoms with Gasteiger partial charge in [-0.2, -0.15) is 0 Å². The molecule has 0 aromatic carbocycles. The summed E-state index contributed by atoms with van der Waals surface area (Å²) < 4.78 is 26.9. The van der Waals surface area contributed by atoms with Crippen LogP contribution >= 0.6 is 0 Å². The maximum absolute atomic E-state index is 17.2. The van der Waals surface area contributed by atoms with Gasteiger partial charge in [0, 0.05) is 23.2 Å². The number of rotatable bonds is 13. The monoisotopic (exact) mass is 677 g/mol. The Labute approximate surface area is 267 Å². The largest absolute Gasteiger partial charge is 0.464 e. The smallest absolute Gasteiger partial charge is 0.408 e. The molecule has 19 heteroatoms. The quantitative estimate of drug-likeness (QED) is 0.0917. The first kappa shape index (κ1) is 36.9. The van der Waals surface area contributed by atoms with Crippen LogP contribution in [-0.4, -0.2) is 127 Å². The van der Waals surface area contributed by atoms with Crippen LogP contribution in [0.25, 0.3) is 0 Å². The molecule has 4 aliphatic rings. The Morgan fingerprint density at radius 1 is 1.09 bits per heavy atom. The van der Waals surface area contributed by atoms with Crippen molar-refractivity contribution >= 4 is 23.6 Å². The fourth-order valence-electron chi connectivity index (χ4n) is 7.97. The minimum atomic E-state index is -2.52. The minimum absolute atomic E-state index is 0.164. The number of Topliss-reactive ketones (excluding diaryl/α,β-unsaturated/α-hetero) is 1. The van der Waals surface area contributed by atoms with Gasteiger partial charge in [0.15, 0.2) is 23.7 Å². The zero-order valence-corrected chi connectivity index (χ0v) is 25.7. The van der Waals surface area contributed by atoms with E-state index in [0.717, 1.165) is 0 Å². The summed E-state index contributed by atoms with van der Waals surface area (Å²) in [7, 11) is 0. The van der Waals surface area contributed by atoms with Crippen molar-refractivity contribution in [1.82, 2.24) is 16.1 Å². The van der Waals surface area contributed by atoms with Gasteiger partial charge in [0.2, 0.25) is 5.78 Å². The number of hydrogen-bond donors (Lipinski definition) is 8. The molecular formula is C28H40FN3O15. The van der Waals surface area contributed by atoms with Crippen LogP contribution in [-0.2, 0) is 33.5 Å². The summed E-state index contributed by atoms with van der Waals surface area (Å²) in [5.74, 6) is -4.00. The van der Waals surface area contributed by atoms with Crippen LogP contribution < -0.4 is 5.32 Å². The zero-order valence-electron chi connectivity index (χ0n) is 25.7. The molecule has 18 nitrogen and oxygen atoms in total. The van der Waals surface area contributed by atoms with Crippen molar-refractivity contribution in [2.45, 2.75) is 75.5 Å². The third kappa shape index (κ3) is 6.70. The number of aliphatic hydroxyl groups excluding tert-OH is 2. The molecule has 4 rings (SSSR count). The molecule has 264 valence electrons. The molecule has 0 saturated heterocycles. The summed E-state index contributed by atoms with van der Waals surface area (Å²) in [6, 6.07) is 0. The van der Waals surface area contributed by atoms with E-state index >= 15 is 4.39 Å². The van der Waals surface area contributed by atoms with Gasteiger partial charge in [0.25, 0.3) is 0 Å². The van der Waals surface area contributed by atoms with Crippen LogP contribution in [0.1, 0.15) is 46.0 Å². The number of alkyl halides is 1. The number of alkyl carbamates (subject to hydrolysis) is 1. The van der Waals surface area contributed by atoms with E-state index in [1.54, 1.807) is 6.92 Å². The number of halogens is 1. The van der Waals surface area contributed by atoms with Crippen LogP contribution in [0.2, 0.25) is 0 Å².